The van der Waals surface area contributed by atoms with E-state index in [4.69, 9.17) is 0 Å². The van der Waals surface area contributed by atoms with Crippen LogP contribution in [0, 0.1) is 0 Å². The van der Waals surface area contributed by atoms with Crippen LogP contribution in [0.5, 0.6) is 0 Å². The van der Waals surface area contributed by atoms with Crippen LogP contribution >= 0.6 is 11.8 Å². The SMILES string of the molecule is CC([18OH])(CCSC(F)(F)F)c1ccc2ccccc2c1. The fourth-order valence-corrected chi connectivity index (χ4v) is 2.77. The molecule has 1 unspecified atom stereocenters. The summed E-state index contributed by atoms with van der Waals surface area (Å²) < 4.78 is 36.4. The molecule has 0 saturated heterocycles. The largest absolute Gasteiger partial charge is 0.441 e. The summed E-state index contributed by atoms with van der Waals surface area (Å²) in [6.07, 6.45) is 0.0511. The first-order valence-corrected chi connectivity index (χ1v) is 7.19. The number of rotatable bonds is 4. The normalized spacial score (nSPS) is 15.2. The van der Waals surface area contributed by atoms with E-state index in [1.54, 1.807) is 13.0 Å². The van der Waals surface area contributed by atoms with Gasteiger partial charge in [-0.25, -0.2) is 0 Å². The molecule has 1 atom stereocenters. The van der Waals surface area contributed by atoms with Gasteiger partial charge in [-0.05, 0) is 35.7 Å². The summed E-state index contributed by atoms with van der Waals surface area (Å²) in [6.45, 7) is 1.55. The van der Waals surface area contributed by atoms with Crippen LogP contribution in [0.25, 0.3) is 10.8 Å². The number of hydrogen-bond donors (Lipinski definition) is 1. The van der Waals surface area contributed by atoms with Gasteiger partial charge in [-0.3, -0.25) is 0 Å². The summed E-state index contributed by atoms with van der Waals surface area (Å²) in [5.41, 5.74) is -4.87. The number of halogens is 3. The fraction of sp³-hybridized carbons (Fsp3) is 0.333. The Kier molecular flexibility index (Phi) is 4.30. The van der Waals surface area contributed by atoms with Crippen LogP contribution < -0.4 is 0 Å². The lowest BCUT2D eigenvalue weighted by atomic mass is 9.93. The van der Waals surface area contributed by atoms with Gasteiger partial charge in [0.1, 0.15) is 0 Å². The molecule has 0 bridgehead atoms. The van der Waals surface area contributed by atoms with E-state index in [-0.39, 0.29) is 23.9 Å². The molecule has 0 aliphatic rings. The smallest absolute Gasteiger partial charge is 0.385 e. The Morgan fingerprint density at radius 3 is 2.35 bits per heavy atom. The third-order valence-electron chi connectivity index (χ3n) is 3.23. The maximum atomic E-state index is 12.1. The second-order valence-corrected chi connectivity index (χ2v) is 6.04. The summed E-state index contributed by atoms with van der Waals surface area (Å²) in [5.74, 6) is -0.163. The van der Waals surface area contributed by atoms with Crippen LogP contribution in [0.15, 0.2) is 42.5 Å². The lowest BCUT2D eigenvalue weighted by Gasteiger charge is -2.24. The minimum absolute atomic E-state index is 0.0511. The predicted molar refractivity (Wildman–Crippen MR) is 76.6 cm³/mol. The van der Waals surface area contributed by atoms with Crippen molar-refractivity contribution < 1.29 is 18.3 Å². The van der Waals surface area contributed by atoms with Gasteiger partial charge in [0.2, 0.25) is 0 Å². The average molecular weight is 302 g/mol. The van der Waals surface area contributed by atoms with E-state index in [1.165, 1.54) is 0 Å². The van der Waals surface area contributed by atoms with Crippen LogP contribution in [0.1, 0.15) is 18.9 Å². The Morgan fingerprint density at radius 1 is 1.05 bits per heavy atom. The standard InChI is InChI=1S/C15H15F3OS/c1-14(19,8-9-20-15(16,17)18)13-7-6-11-4-2-3-5-12(11)10-13/h2-7,10,19H,8-9H2,1H3/i19+2. The van der Waals surface area contributed by atoms with E-state index >= 15 is 0 Å². The third-order valence-corrected chi connectivity index (χ3v) is 3.96. The second kappa shape index (κ2) is 5.66. The van der Waals surface area contributed by atoms with E-state index < -0.39 is 11.1 Å². The number of benzene rings is 2. The zero-order valence-corrected chi connectivity index (χ0v) is 11.8. The van der Waals surface area contributed by atoms with E-state index in [0.717, 1.165) is 10.8 Å². The Labute approximate surface area is 119 Å². The Hall–Kier alpha value is -1.20. The van der Waals surface area contributed by atoms with Gasteiger partial charge in [-0.1, -0.05) is 48.2 Å². The van der Waals surface area contributed by atoms with Crippen molar-refractivity contribution in [2.24, 2.45) is 0 Å². The van der Waals surface area contributed by atoms with Crippen molar-refractivity contribution in [3.8, 4) is 0 Å². The van der Waals surface area contributed by atoms with Crippen molar-refractivity contribution in [2.75, 3.05) is 5.75 Å². The highest BCUT2D eigenvalue weighted by molar-refractivity contribution is 8.00. The summed E-state index contributed by atoms with van der Waals surface area (Å²) in [6, 6.07) is 13.1. The van der Waals surface area contributed by atoms with E-state index in [9.17, 15) is 18.3 Å². The maximum absolute atomic E-state index is 12.1. The number of thioether (sulfide) groups is 1. The van der Waals surface area contributed by atoms with Gasteiger partial charge in [0.05, 0.1) is 5.60 Å². The average Bonchev–Trinajstić information content (AvgIpc) is 2.36. The molecule has 0 aliphatic carbocycles. The molecule has 0 amide bonds. The molecule has 0 radical (unpaired) electrons. The van der Waals surface area contributed by atoms with Gasteiger partial charge in [0.25, 0.3) is 0 Å². The van der Waals surface area contributed by atoms with Gasteiger partial charge >= 0.3 is 5.51 Å². The van der Waals surface area contributed by atoms with Gasteiger partial charge in [-0.15, -0.1) is 0 Å². The van der Waals surface area contributed by atoms with Crippen molar-refractivity contribution in [1.29, 1.82) is 0 Å². The Balaban J connectivity index is 2.14. The second-order valence-electron chi connectivity index (χ2n) is 4.88. The topological polar surface area (TPSA) is 20.2 Å². The van der Waals surface area contributed by atoms with Gasteiger partial charge in [0, 0.05) is 5.75 Å². The molecule has 20 heavy (non-hydrogen) atoms. The molecule has 0 fully saturated rings. The van der Waals surface area contributed by atoms with Crippen LogP contribution in [0.2, 0.25) is 0 Å². The zero-order chi connectivity index (χ0) is 14.8. The summed E-state index contributed by atoms with van der Waals surface area (Å²) in [7, 11) is 0. The number of hydrogen-bond acceptors (Lipinski definition) is 2. The molecule has 2 aromatic rings. The lowest BCUT2D eigenvalue weighted by molar-refractivity contribution is -0.0331. The molecule has 0 saturated carbocycles. The highest BCUT2D eigenvalue weighted by Crippen LogP contribution is 2.34. The maximum Gasteiger partial charge on any atom is 0.441 e. The zero-order valence-electron chi connectivity index (χ0n) is 10.9. The van der Waals surface area contributed by atoms with Crippen LogP contribution in [0.3, 0.4) is 0 Å². The minimum atomic E-state index is -4.25. The van der Waals surface area contributed by atoms with E-state index in [0.29, 0.717) is 5.56 Å². The Bertz CT molecular complexity index is 593. The third kappa shape index (κ3) is 3.90. The van der Waals surface area contributed by atoms with Gasteiger partial charge in [0.15, 0.2) is 0 Å². The molecule has 2 rings (SSSR count). The number of fused-ring (bicyclic) bond motifs is 1. The van der Waals surface area contributed by atoms with E-state index in [1.807, 2.05) is 36.4 Å². The first kappa shape index (κ1) is 15.2. The highest BCUT2D eigenvalue weighted by atomic mass is 32.2. The molecule has 1 nitrogen and oxygen atoms in total. The van der Waals surface area contributed by atoms with Crippen LogP contribution in [-0.4, -0.2) is 16.4 Å². The van der Waals surface area contributed by atoms with Crippen LogP contribution in [-0.2, 0) is 5.60 Å². The van der Waals surface area contributed by atoms with Crippen molar-refractivity contribution >= 4 is 22.5 Å². The molecule has 1 N–H and O–H groups in total. The summed E-state index contributed by atoms with van der Waals surface area (Å²) in [4.78, 5) is 0. The highest BCUT2D eigenvalue weighted by Gasteiger charge is 2.30. The molecule has 5 heteroatoms. The molecular weight excluding hydrogens is 287 g/mol. The first-order valence-electron chi connectivity index (χ1n) is 6.20. The fourth-order valence-electron chi connectivity index (χ4n) is 2.03. The molecule has 0 aliphatic heterocycles. The predicted octanol–water partition coefficient (Wildman–Crippen LogP) is 4.69. The van der Waals surface area contributed by atoms with Crippen molar-refractivity contribution in [1.82, 2.24) is 0 Å². The lowest BCUT2D eigenvalue weighted by Crippen LogP contribution is -2.22. The number of aliphatic hydroxyl groups is 1. The monoisotopic (exact) mass is 302 g/mol. The van der Waals surface area contributed by atoms with Gasteiger partial charge in [-0.2, -0.15) is 13.2 Å². The molecule has 0 aromatic heterocycles. The van der Waals surface area contributed by atoms with Crippen molar-refractivity contribution in [3.05, 3.63) is 48.0 Å². The molecule has 0 heterocycles. The van der Waals surface area contributed by atoms with E-state index in [2.05, 4.69) is 0 Å². The summed E-state index contributed by atoms with van der Waals surface area (Å²) >= 11 is -0.101. The minimum Gasteiger partial charge on any atom is -0.385 e. The van der Waals surface area contributed by atoms with Gasteiger partial charge < -0.3 is 5.11 Å². The van der Waals surface area contributed by atoms with Crippen molar-refractivity contribution in [3.63, 3.8) is 0 Å². The first-order chi connectivity index (χ1) is 9.28. The molecule has 0 spiro atoms. The number of alkyl halides is 3. The molecular formula is C15H15F3OS. The molecule has 2 aromatic carbocycles. The quantitative estimate of drug-likeness (QED) is 0.827. The summed E-state index contributed by atoms with van der Waals surface area (Å²) in [5, 5.41) is 12.4. The molecule has 108 valence electrons. The van der Waals surface area contributed by atoms with Crippen molar-refractivity contribution in [2.45, 2.75) is 24.5 Å². The Morgan fingerprint density at radius 2 is 1.70 bits per heavy atom. The van der Waals surface area contributed by atoms with Crippen LogP contribution in [0.4, 0.5) is 13.2 Å².